The second-order valence-corrected chi connectivity index (χ2v) is 16.4. The lowest BCUT2D eigenvalue weighted by Crippen LogP contribution is -2.30. The van der Waals surface area contributed by atoms with E-state index >= 15 is 0 Å². The van der Waals surface area contributed by atoms with Crippen LogP contribution in [-0.4, -0.2) is 37.2 Å². The molecule has 0 N–H and O–H groups in total. The van der Waals surface area contributed by atoms with Gasteiger partial charge in [-0.15, -0.1) is 0 Å². The Morgan fingerprint density at radius 3 is 0.909 bits per heavy atom. The number of unbranched alkanes of at least 4 members (excludes halogenated alkanes) is 31. The molecule has 0 saturated heterocycles. The summed E-state index contributed by atoms with van der Waals surface area (Å²) in [7, 11) is 0. The van der Waals surface area contributed by atoms with Crippen molar-refractivity contribution in [1.29, 1.82) is 0 Å². The average molecular weight is 777 g/mol. The molecule has 6 nitrogen and oxygen atoms in total. The Morgan fingerprint density at radius 2 is 0.600 bits per heavy atom. The van der Waals surface area contributed by atoms with Gasteiger partial charge in [0.25, 0.3) is 0 Å². The van der Waals surface area contributed by atoms with E-state index in [1.165, 1.54) is 167 Å². The lowest BCUT2D eigenvalue weighted by molar-refractivity contribution is -0.167. The smallest absolute Gasteiger partial charge is 0.306 e. The summed E-state index contributed by atoms with van der Waals surface area (Å²) in [6.45, 7) is 6.61. The summed E-state index contributed by atoms with van der Waals surface area (Å²) >= 11 is 0. The van der Waals surface area contributed by atoms with Gasteiger partial charge in [0.2, 0.25) is 0 Å². The molecule has 1 atom stereocenters. The molecule has 0 heterocycles. The lowest BCUT2D eigenvalue weighted by Gasteiger charge is -2.18. The summed E-state index contributed by atoms with van der Waals surface area (Å²) in [5, 5.41) is 0. The van der Waals surface area contributed by atoms with Gasteiger partial charge in [-0.25, -0.2) is 0 Å². The first kappa shape index (κ1) is 53.1. The van der Waals surface area contributed by atoms with Gasteiger partial charge in [0, 0.05) is 19.3 Å². The van der Waals surface area contributed by atoms with Crippen molar-refractivity contribution in [3.63, 3.8) is 0 Å². The second-order valence-electron chi connectivity index (χ2n) is 16.4. The van der Waals surface area contributed by atoms with Crippen LogP contribution in [0.25, 0.3) is 0 Å². The van der Waals surface area contributed by atoms with Crippen LogP contribution in [-0.2, 0) is 28.6 Å². The summed E-state index contributed by atoms with van der Waals surface area (Å²) in [6.07, 6.45) is 47.7. The van der Waals surface area contributed by atoms with E-state index in [2.05, 4.69) is 32.9 Å². The van der Waals surface area contributed by atoms with Crippen LogP contribution in [0.3, 0.4) is 0 Å². The van der Waals surface area contributed by atoms with Crippen molar-refractivity contribution in [3.05, 3.63) is 12.2 Å². The number of carbonyl (C=O) groups is 3. The molecular weight excluding hydrogens is 685 g/mol. The maximum absolute atomic E-state index is 12.7. The highest BCUT2D eigenvalue weighted by atomic mass is 16.6. The summed E-state index contributed by atoms with van der Waals surface area (Å²) < 4.78 is 16.7. The summed E-state index contributed by atoms with van der Waals surface area (Å²) in [6, 6.07) is 0. The Balaban J connectivity index is 4.24. The largest absolute Gasteiger partial charge is 0.462 e. The van der Waals surface area contributed by atoms with Crippen LogP contribution < -0.4 is 0 Å². The molecule has 0 bridgehead atoms. The Labute approximate surface area is 341 Å². The second kappa shape index (κ2) is 44.9. The first-order valence-corrected chi connectivity index (χ1v) is 24.2. The Bertz CT molecular complexity index is 854. The van der Waals surface area contributed by atoms with Crippen molar-refractivity contribution in [2.24, 2.45) is 0 Å². The zero-order valence-electron chi connectivity index (χ0n) is 37.0. The van der Waals surface area contributed by atoms with E-state index in [0.29, 0.717) is 19.3 Å². The molecule has 0 fully saturated rings. The number of hydrogen-bond acceptors (Lipinski definition) is 6. The normalized spacial score (nSPS) is 12.0. The predicted octanol–water partition coefficient (Wildman–Crippen LogP) is 15.4. The van der Waals surface area contributed by atoms with Gasteiger partial charge in [-0.05, 0) is 44.9 Å². The third-order valence-corrected chi connectivity index (χ3v) is 10.8. The zero-order chi connectivity index (χ0) is 40.1. The molecule has 0 rings (SSSR count). The van der Waals surface area contributed by atoms with Crippen LogP contribution in [0.1, 0.15) is 265 Å². The third kappa shape index (κ3) is 43.1. The maximum atomic E-state index is 12.7. The molecule has 0 aliphatic rings. The number of rotatable bonds is 44. The van der Waals surface area contributed by atoms with Crippen molar-refractivity contribution < 1.29 is 28.6 Å². The SMILES string of the molecule is CCCCCCCCC/C=C\CCCCCCCCCC(=O)OCC(COC(=O)CCCCCCCCCC)OC(=O)CCCCCCCCCCCCC. The highest BCUT2D eigenvalue weighted by Crippen LogP contribution is 2.15. The highest BCUT2D eigenvalue weighted by molar-refractivity contribution is 5.71. The van der Waals surface area contributed by atoms with Gasteiger partial charge in [-0.3, -0.25) is 14.4 Å². The number of carbonyl (C=O) groups excluding carboxylic acids is 3. The van der Waals surface area contributed by atoms with Gasteiger partial charge in [0.1, 0.15) is 13.2 Å². The van der Waals surface area contributed by atoms with Crippen molar-refractivity contribution in [3.8, 4) is 0 Å². The first-order chi connectivity index (χ1) is 27.0. The van der Waals surface area contributed by atoms with Crippen molar-refractivity contribution >= 4 is 17.9 Å². The van der Waals surface area contributed by atoms with E-state index < -0.39 is 6.10 Å². The minimum Gasteiger partial charge on any atom is -0.462 e. The molecule has 0 aromatic rings. The summed E-state index contributed by atoms with van der Waals surface area (Å²) in [4.78, 5) is 37.7. The molecule has 0 radical (unpaired) electrons. The minimum absolute atomic E-state index is 0.0673. The van der Waals surface area contributed by atoms with Gasteiger partial charge >= 0.3 is 17.9 Å². The van der Waals surface area contributed by atoms with Crippen molar-refractivity contribution in [1.82, 2.24) is 0 Å². The Hall–Kier alpha value is -1.85. The Kier molecular flexibility index (Phi) is 43.4. The van der Waals surface area contributed by atoms with Crippen molar-refractivity contribution in [2.45, 2.75) is 271 Å². The molecule has 6 heteroatoms. The van der Waals surface area contributed by atoms with Crippen LogP contribution >= 0.6 is 0 Å². The number of hydrogen-bond donors (Lipinski definition) is 0. The molecule has 0 spiro atoms. The fourth-order valence-corrected chi connectivity index (χ4v) is 7.08. The molecule has 0 aliphatic carbocycles. The van der Waals surface area contributed by atoms with E-state index in [-0.39, 0.29) is 31.1 Å². The lowest BCUT2D eigenvalue weighted by atomic mass is 10.1. The van der Waals surface area contributed by atoms with E-state index in [4.69, 9.17) is 14.2 Å². The van der Waals surface area contributed by atoms with E-state index in [9.17, 15) is 14.4 Å². The minimum atomic E-state index is -0.762. The molecule has 0 aliphatic heterocycles. The van der Waals surface area contributed by atoms with Crippen LogP contribution in [0.15, 0.2) is 12.2 Å². The predicted molar refractivity (Wildman–Crippen MR) is 233 cm³/mol. The number of allylic oxidation sites excluding steroid dienone is 2. The highest BCUT2D eigenvalue weighted by Gasteiger charge is 2.19. The van der Waals surface area contributed by atoms with Gasteiger partial charge in [0.05, 0.1) is 0 Å². The van der Waals surface area contributed by atoms with Gasteiger partial charge < -0.3 is 14.2 Å². The topological polar surface area (TPSA) is 78.9 Å². The summed E-state index contributed by atoms with van der Waals surface area (Å²) in [5.41, 5.74) is 0. The standard InChI is InChI=1S/C49H92O6/c1-4-7-10-13-16-19-21-22-23-24-25-26-27-29-30-33-36-39-42-48(51)54-45-46(44-53-47(50)41-38-35-32-18-15-12-9-6-3)55-49(52)43-40-37-34-31-28-20-17-14-11-8-5-2/h23-24,46H,4-22,25-45H2,1-3H3/b24-23-. The summed E-state index contributed by atoms with van der Waals surface area (Å²) in [5.74, 6) is -0.866. The van der Waals surface area contributed by atoms with Gasteiger partial charge in [0.15, 0.2) is 6.10 Å². The average Bonchev–Trinajstić information content (AvgIpc) is 3.18. The van der Waals surface area contributed by atoms with Crippen molar-refractivity contribution in [2.75, 3.05) is 13.2 Å². The van der Waals surface area contributed by atoms with Crippen LogP contribution in [0.5, 0.6) is 0 Å². The molecule has 0 amide bonds. The quantitative estimate of drug-likeness (QED) is 0.0265. The van der Waals surface area contributed by atoms with Crippen LogP contribution in [0, 0.1) is 0 Å². The van der Waals surface area contributed by atoms with Crippen LogP contribution in [0.2, 0.25) is 0 Å². The first-order valence-electron chi connectivity index (χ1n) is 24.2. The van der Waals surface area contributed by atoms with E-state index in [0.717, 1.165) is 57.8 Å². The molecule has 0 aromatic carbocycles. The van der Waals surface area contributed by atoms with Crippen LogP contribution in [0.4, 0.5) is 0 Å². The number of ether oxygens (including phenoxy) is 3. The molecule has 0 saturated carbocycles. The monoisotopic (exact) mass is 777 g/mol. The zero-order valence-corrected chi connectivity index (χ0v) is 37.0. The molecular formula is C49H92O6. The molecule has 324 valence electrons. The van der Waals surface area contributed by atoms with Gasteiger partial charge in [-0.1, -0.05) is 213 Å². The van der Waals surface area contributed by atoms with E-state index in [1.54, 1.807) is 0 Å². The maximum Gasteiger partial charge on any atom is 0.306 e. The Morgan fingerprint density at radius 1 is 0.345 bits per heavy atom. The third-order valence-electron chi connectivity index (χ3n) is 10.8. The number of esters is 3. The van der Waals surface area contributed by atoms with E-state index in [1.807, 2.05) is 0 Å². The molecule has 55 heavy (non-hydrogen) atoms. The molecule has 0 aromatic heterocycles. The fraction of sp³-hybridized carbons (Fsp3) is 0.898. The van der Waals surface area contributed by atoms with Gasteiger partial charge in [-0.2, -0.15) is 0 Å². The molecule has 1 unspecified atom stereocenters. The fourth-order valence-electron chi connectivity index (χ4n) is 7.08.